The van der Waals surface area contributed by atoms with E-state index in [4.69, 9.17) is 11.6 Å². The average Bonchev–Trinajstić information content (AvgIpc) is 2.96. The first kappa shape index (κ1) is 12.7. The Kier molecular flexibility index (Phi) is 3.58. The first-order valence-electron chi connectivity index (χ1n) is 5.63. The molecular weight excluding hydrogens is 302 g/mol. The molecule has 0 amide bonds. The van der Waals surface area contributed by atoms with Gasteiger partial charge in [0, 0.05) is 5.02 Å². The van der Waals surface area contributed by atoms with Crippen molar-refractivity contribution < 1.29 is 0 Å². The van der Waals surface area contributed by atoms with Gasteiger partial charge in [-0.25, -0.2) is 10.1 Å². The minimum atomic E-state index is 0.598. The summed E-state index contributed by atoms with van der Waals surface area (Å²) in [6.07, 6.45) is 0. The number of thioether (sulfide) groups is 1. The molecule has 0 fully saturated rings. The van der Waals surface area contributed by atoms with Crippen molar-refractivity contribution in [2.24, 2.45) is 0 Å². The molecule has 0 saturated heterocycles. The van der Waals surface area contributed by atoms with Crippen LogP contribution in [0.2, 0.25) is 5.02 Å². The average molecular weight is 312 g/mol. The van der Waals surface area contributed by atoms with E-state index >= 15 is 0 Å². The molecule has 0 atom stereocenters. The quantitative estimate of drug-likeness (QED) is 0.715. The Hall–Kier alpha value is -1.31. The Labute approximate surface area is 122 Å². The van der Waals surface area contributed by atoms with E-state index in [-0.39, 0.29) is 0 Å². The lowest BCUT2D eigenvalue weighted by Crippen LogP contribution is -1.91. The molecule has 98 valence electrons. The maximum Gasteiger partial charge on any atom is 0.225 e. The predicted octanol–water partition coefficient (Wildman–Crippen LogP) is 3.92. The van der Waals surface area contributed by atoms with E-state index in [9.17, 15) is 0 Å². The first-order chi connectivity index (χ1) is 9.24. The van der Waals surface area contributed by atoms with Crippen molar-refractivity contribution in [3.05, 3.63) is 23.2 Å². The number of thiazole rings is 1. The number of anilines is 2. The topological polar surface area (TPSA) is 66.5 Å². The summed E-state index contributed by atoms with van der Waals surface area (Å²) in [6, 6.07) is 5.63. The Morgan fingerprint density at radius 1 is 1.42 bits per heavy atom. The van der Waals surface area contributed by atoms with Crippen LogP contribution in [0.25, 0.3) is 10.2 Å². The minimum Gasteiger partial charge on any atom is -0.300 e. The molecule has 19 heavy (non-hydrogen) atoms. The highest BCUT2D eigenvalue weighted by Gasteiger charge is 2.07. The summed E-state index contributed by atoms with van der Waals surface area (Å²) in [5.41, 5.74) is 0.916. The number of H-pyrrole nitrogens is 1. The Morgan fingerprint density at radius 3 is 3.16 bits per heavy atom. The predicted molar refractivity (Wildman–Crippen MR) is 80.7 cm³/mol. The molecule has 0 aliphatic carbocycles. The van der Waals surface area contributed by atoms with E-state index in [2.05, 4.69) is 32.4 Å². The Balaban J connectivity index is 1.83. The van der Waals surface area contributed by atoms with Crippen LogP contribution in [0.4, 0.5) is 11.1 Å². The maximum atomic E-state index is 5.95. The van der Waals surface area contributed by atoms with Crippen molar-refractivity contribution in [3.8, 4) is 0 Å². The summed E-state index contributed by atoms with van der Waals surface area (Å²) in [6.45, 7) is 2.06. The van der Waals surface area contributed by atoms with Crippen LogP contribution in [0.1, 0.15) is 6.92 Å². The fourth-order valence-corrected chi connectivity index (χ4v) is 3.21. The van der Waals surface area contributed by atoms with Gasteiger partial charge in [0.05, 0.1) is 10.2 Å². The monoisotopic (exact) mass is 311 g/mol. The zero-order valence-corrected chi connectivity index (χ0v) is 12.4. The van der Waals surface area contributed by atoms with E-state index in [0.717, 1.165) is 26.3 Å². The number of hydrogen-bond donors (Lipinski definition) is 2. The minimum absolute atomic E-state index is 0.598. The first-order valence-corrected chi connectivity index (χ1v) is 7.81. The van der Waals surface area contributed by atoms with Crippen LogP contribution in [0, 0.1) is 0 Å². The standard InChI is InChI=1S/C11H10ClN5S2/c1-2-18-11-15-9(16-17-11)14-10-13-7-4-3-6(12)5-8(7)19-10/h3-5H,2H2,1H3,(H2,13,14,15,16,17). The molecule has 0 aliphatic heterocycles. The maximum absolute atomic E-state index is 5.95. The third-order valence-corrected chi connectivity index (χ3v) is 4.21. The van der Waals surface area contributed by atoms with Gasteiger partial charge in [-0.3, -0.25) is 0 Å². The number of fused-ring (bicyclic) bond motifs is 1. The van der Waals surface area contributed by atoms with E-state index in [0.29, 0.717) is 11.0 Å². The smallest absolute Gasteiger partial charge is 0.225 e. The number of nitrogens with zero attached hydrogens (tertiary/aromatic N) is 3. The lowest BCUT2D eigenvalue weighted by atomic mass is 10.3. The molecule has 2 N–H and O–H groups in total. The molecule has 2 aromatic heterocycles. The number of rotatable bonds is 4. The van der Waals surface area contributed by atoms with Gasteiger partial charge in [-0.1, -0.05) is 41.6 Å². The number of aromatic amines is 1. The lowest BCUT2D eigenvalue weighted by Gasteiger charge is -1.93. The van der Waals surface area contributed by atoms with Gasteiger partial charge in [-0.15, -0.1) is 5.10 Å². The molecule has 0 bridgehead atoms. The van der Waals surface area contributed by atoms with Gasteiger partial charge in [0.15, 0.2) is 5.13 Å². The summed E-state index contributed by atoms with van der Waals surface area (Å²) >= 11 is 9.07. The molecule has 0 saturated carbocycles. The van der Waals surface area contributed by atoms with E-state index < -0.39 is 0 Å². The second kappa shape index (κ2) is 5.36. The van der Waals surface area contributed by atoms with Gasteiger partial charge in [0.2, 0.25) is 11.1 Å². The van der Waals surface area contributed by atoms with Gasteiger partial charge < -0.3 is 5.32 Å². The SMILES string of the molecule is CCSc1n[nH]c(Nc2nc3ccc(Cl)cc3s2)n1. The number of aromatic nitrogens is 4. The molecule has 0 unspecified atom stereocenters. The summed E-state index contributed by atoms with van der Waals surface area (Å²) < 4.78 is 1.04. The van der Waals surface area contributed by atoms with Crippen LogP contribution in [0.15, 0.2) is 23.4 Å². The van der Waals surface area contributed by atoms with Crippen LogP contribution in [-0.4, -0.2) is 25.9 Å². The van der Waals surface area contributed by atoms with Crippen LogP contribution in [0.5, 0.6) is 0 Å². The fraction of sp³-hybridized carbons (Fsp3) is 0.182. The zero-order chi connectivity index (χ0) is 13.2. The second-order valence-electron chi connectivity index (χ2n) is 3.66. The van der Waals surface area contributed by atoms with Crippen LogP contribution in [-0.2, 0) is 0 Å². The van der Waals surface area contributed by atoms with Crippen LogP contribution >= 0.6 is 34.7 Å². The number of benzene rings is 1. The number of hydrogen-bond acceptors (Lipinski definition) is 6. The second-order valence-corrected chi connectivity index (χ2v) is 6.35. The van der Waals surface area contributed by atoms with Gasteiger partial charge in [-0.2, -0.15) is 4.98 Å². The normalized spacial score (nSPS) is 11.1. The van der Waals surface area contributed by atoms with E-state index in [1.165, 1.54) is 11.3 Å². The Morgan fingerprint density at radius 2 is 2.32 bits per heavy atom. The molecule has 0 radical (unpaired) electrons. The van der Waals surface area contributed by atoms with Crippen molar-refractivity contribution >= 4 is 56.0 Å². The lowest BCUT2D eigenvalue weighted by molar-refractivity contribution is 0.974. The molecule has 0 aliphatic rings. The largest absolute Gasteiger partial charge is 0.300 e. The molecule has 8 heteroatoms. The van der Waals surface area contributed by atoms with Crippen LogP contribution in [0.3, 0.4) is 0 Å². The highest BCUT2D eigenvalue weighted by atomic mass is 35.5. The molecule has 1 aromatic carbocycles. The van der Waals surface area contributed by atoms with Gasteiger partial charge in [0.25, 0.3) is 0 Å². The molecule has 0 spiro atoms. The van der Waals surface area contributed by atoms with Crippen molar-refractivity contribution in [2.45, 2.75) is 12.1 Å². The fourth-order valence-electron chi connectivity index (χ4n) is 1.55. The van der Waals surface area contributed by atoms with Crippen LogP contribution < -0.4 is 5.32 Å². The van der Waals surface area contributed by atoms with E-state index in [1.807, 2.05) is 18.2 Å². The molecule has 2 heterocycles. The summed E-state index contributed by atoms with van der Waals surface area (Å²) in [4.78, 5) is 8.77. The highest BCUT2D eigenvalue weighted by Crippen LogP contribution is 2.29. The summed E-state index contributed by atoms with van der Waals surface area (Å²) in [5.74, 6) is 1.54. The molecular formula is C11H10ClN5S2. The zero-order valence-electron chi connectivity index (χ0n) is 9.98. The number of nitrogens with one attached hydrogen (secondary N) is 2. The van der Waals surface area contributed by atoms with Crippen molar-refractivity contribution in [1.29, 1.82) is 0 Å². The third kappa shape index (κ3) is 2.83. The Bertz CT molecular complexity index is 708. The molecule has 5 nitrogen and oxygen atoms in total. The van der Waals surface area contributed by atoms with Crippen molar-refractivity contribution in [2.75, 3.05) is 11.1 Å². The van der Waals surface area contributed by atoms with Gasteiger partial charge in [-0.05, 0) is 24.0 Å². The van der Waals surface area contributed by atoms with E-state index in [1.54, 1.807) is 11.8 Å². The summed E-state index contributed by atoms with van der Waals surface area (Å²) in [5, 5.41) is 12.3. The third-order valence-electron chi connectivity index (χ3n) is 2.31. The van der Waals surface area contributed by atoms with Gasteiger partial charge in [0.1, 0.15) is 0 Å². The van der Waals surface area contributed by atoms with Gasteiger partial charge >= 0.3 is 0 Å². The molecule has 3 aromatic rings. The summed E-state index contributed by atoms with van der Waals surface area (Å²) in [7, 11) is 0. The highest BCUT2D eigenvalue weighted by molar-refractivity contribution is 7.99. The van der Waals surface area contributed by atoms with Crippen molar-refractivity contribution in [3.63, 3.8) is 0 Å². The van der Waals surface area contributed by atoms with Crippen molar-refractivity contribution in [1.82, 2.24) is 20.2 Å². The molecule has 3 rings (SSSR count). The number of halogens is 1.